The molecule has 0 unspecified atom stereocenters. The smallest absolute Gasteiger partial charge is 0.238 e. The summed E-state index contributed by atoms with van der Waals surface area (Å²) in [6.45, 7) is 0. The Kier molecular flexibility index (Phi) is 2.63. The van der Waals surface area contributed by atoms with E-state index in [0.29, 0.717) is 12.8 Å². The van der Waals surface area contributed by atoms with Gasteiger partial charge in [-0.1, -0.05) is 0 Å². The van der Waals surface area contributed by atoms with E-state index >= 15 is 0 Å². The third-order valence-corrected chi connectivity index (χ3v) is 4.10. The fourth-order valence-corrected chi connectivity index (χ4v) is 2.67. The van der Waals surface area contributed by atoms with Crippen molar-refractivity contribution in [1.82, 2.24) is 4.98 Å². The summed E-state index contributed by atoms with van der Waals surface area (Å²) in [5.41, 5.74) is 0.161. The summed E-state index contributed by atoms with van der Waals surface area (Å²) in [5, 5.41) is 8.90. The van der Waals surface area contributed by atoms with Crippen molar-refractivity contribution < 1.29 is 18.3 Å². The van der Waals surface area contributed by atoms with Crippen molar-refractivity contribution in [3.05, 3.63) is 12.3 Å². The standard InChI is InChI=1S/C9H12N2O4S/c1-15-9-8(4-6(12)5-10-9)11-16(13,14)7-2-3-7/h4-5,7,11-12H,2-3H2,1H3. The number of nitrogens with one attached hydrogen (secondary N) is 1. The maximum Gasteiger partial charge on any atom is 0.238 e. The molecule has 1 aliphatic carbocycles. The summed E-state index contributed by atoms with van der Waals surface area (Å²) in [6, 6.07) is 1.27. The number of aromatic nitrogens is 1. The Balaban J connectivity index is 2.29. The zero-order valence-electron chi connectivity index (χ0n) is 8.67. The average molecular weight is 244 g/mol. The van der Waals surface area contributed by atoms with Crippen LogP contribution in [0.15, 0.2) is 12.3 Å². The molecule has 0 aromatic carbocycles. The molecular formula is C9H12N2O4S. The normalized spacial score (nSPS) is 15.8. The number of sulfonamides is 1. The van der Waals surface area contributed by atoms with Crippen molar-refractivity contribution in [2.24, 2.45) is 0 Å². The summed E-state index contributed by atoms with van der Waals surface area (Å²) in [4.78, 5) is 3.76. The van der Waals surface area contributed by atoms with E-state index in [1.165, 1.54) is 19.4 Å². The Morgan fingerprint density at radius 2 is 2.25 bits per heavy atom. The lowest BCUT2D eigenvalue weighted by Crippen LogP contribution is -2.18. The van der Waals surface area contributed by atoms with Gasteiger partial charge in [0.15, 0.2) is 0 Å². The zero-order valence-corrected chi connectivity index (χ0v) is 9.49. The number of aromatic hydroxyl groups is 1. The first-order valence-corrected chi connectivity index (χ1v) is 6.32. The molecule has 7 heteroatoms. The molecule has 0 bridgehead atoms. The zero-order chi connectivity index (χ0) is 11.8. The minimum atomic E-state index is -3.37. The number of rotatable bonds is 4. The van der Waals surface area contributed by atoms with Crippen LogP contribution in [-0.2, 0) is 10.0 Å². The van der Waals surface area contributed by atoms with Gasteiger partial charge in [-0.25, -0.2) is 13.4 Å². The number of hydrogen-bond donors (Lipinski definition) is 2. The minimum Gasteiger partial charge on any atom is -0.506 e. The Bertz CT molecular complexity index is 496. The second-order valence-corrected chi connectivity index (χ2v) is 5.56. The molecule has 0 amide bonds. The Morgan fingerprint density at radius 3 is 2.81 bits per heavy atom. The van der Waals surface area contributed by atoms with Gasteiger partial charge in [0.2, 0.25) is 15.9 Å². The van der Waals surface area contributed by atoms with Gasteiger partial charge < -0.3 is 9.84 Å². The van der Waals surface area contributed by atoms with Crippen molar-refractivity contribution in [3.63, 3.8) is 0 Å². The third-order valence-electron chi connectivity index (χ3n) is 2.25. The molecular weight excluding hydrogens is 232 g/mol. The van der Waals surface area contributed by atoms with Crippen molar-refractivity contribution in [2.45, 2.75) is 18.1 Å². The Hall–Kier alpha value is -1.50. The molecule has 1 aromatic rings. The van der Waals surface area contributed by atoms with Crippen molar-refractivity contribution >= 4 is 15.7 Å². The van der Waals surface area contributed by atoms with Gasteiger partial charge in [0.1, 0.15) is 11.4 Å². The fourth-order valence-electron chi connectivity index (χ4n) is 1.29. The van der Waals surface area contributed by atoms with Gasteiger partial charge in [-0.3, -0.25) is 4.72 Å². The third kappa shape index (κ3) is 2.19. The summed E-state index contributed by atoms with van der Waals surface area (Å²) in [5.74, 6) is 0.0244. The first-order valence-electron chi connectivity index (χ1n) is 4.77. The van der Waals surface area contributed by atoms with Gasteiger partial charge in [-0.15, -0.1) is 0 Å². The average Bonchev–Trinajstić information content (AvgIpc) is 3.00. The quantitative estimate of drug-likeness (QED) is 0.813. The number of pyridine rings is 1. The summed E-state index contributed by atoms with van der Waals surface area (Å²) in [7, 11) is -1.99. The SMILES string of the molecule is COc1ncc(O)cc1NS(=O)(=O)C1CC1. The van der Waals surface area contributed by atoms with E-state index in [0.717, 1.165) is 0 Å². The molecule has 2 rings (SSSR count). The summed E-state index contributed by atoms with van der Waals surface area (Å²) in [6.07, 6.45) is 2.53. The van der Waals surface area contributed by atoms with E-state index in [-0.39, 0.29) is 22.6 Å². The van der Waals surface area contributed by atoms with Gasteiger partial charge >= 0.3 is 0 Å². The van der Waals surface area contributed by atoms with Crippen LogP contribution in [0.4, 0.5) is 5.69 Å². The number of ether oxygens (including phenoxy) is 1. The molecule has 0 saturated heterocycles. The summed E-state index contributed by atoms with van der Waals surface area (Å²) >= 11 is 0. The van der Waals surface area contributed by atoms with Crippen LogP contribution >= 0.6 is 0 Å². The lowest BCUT2D eigenvalue weighted by atomic mass is 10.4. The molecule has 6 nitrogen and oxygen atoms in total. The van der Waals surface area contributed by atoms with Crippen LogP contribution in [0, 0.1) is 0 Å². The van der Waals surface area contributed by atoms with Crippen LogP contribution in [0.3, 0.4) is 0 Å². The molecule has 0 radical (unpaired) electrons. The molecule has 1 aromatic heterocycles. The molecule has 1 aliphatic rings. The van der Waals surface area contributed by atoms with E-state index in [9.17, 15) is 13.5 Å². The number of nitrogens with zero attached hydrogens (tertiary/aromatic N) is 1. The fraction of sp³-hybridized carbons (Fsp3) is 0.444. The predicted octanol–water partition coefficient (Wildman–Crippen LogP) is 0.700. The Morgan fingerprint density at radius 1 is 1.56 bits per heavy atom. The van der Waals surface area contributed by atoms with Gasteiger partial charge in [0.25, 0.3) is 0 Å². The van der Waals surface area contributed by atoms with Crippen LogP contribution in [0.2, 0.25) is 0 Å². The second-order valence-electron chi connectivity index (χ2n) is 3.60. The molecule has 0 aliphatic heterocycles. The highest BCUT2D eigenvalue weighted by molar-refractivity contribution is 7.93. The van der Waals surface area contributed by atoms with Crippen LogP contribution in [-0.4, -0.2) is 30.9 Å². The minimum absolute atomic E-state index is 0.116. The van der Waals surface area contributed by atoms with E-state index in [2.05, 4.69) is 9.71 Å². The van der Waals surface area contributed by atoms with Crippen LogP contribution in [0.5, 0.6) is 11.6 Å². The van der Waals surface area contributed by atoms with Crippen molar-refractivity contribution in [2.75, 3.05) is 11.8 Å². The highest BCUT2D eigenvalue weighted by Crippen LogP contribution is 2.32. The number of methoxy groups -OCH3 is 1. The van der Waals surface area contributed by atoms with Crippen LogP contribution in [0.25, 0.3) is 0 Å². The van der Waals surface area contributed by atoms with E-state index < -0.39 is 10.0 Å². The first-order chi connectivity index (χ1) is 7.53. The molecule has 16 heavy (non-hydrogen) atoms. The maximum absolute atomic E-state index is 11.7. The van der Waals surface area contributed by atoms with Gasteiger partial charge in [0, 0.05) is 6.07 Å². The molecule has 88 valence electrons. The predicted molar refractivity (Wildman–Crippen MR) is 58.0 cm³/mol. The molecule has 1 saturated carbocycles. The monoisotopic (exact) mass is 244 g/mol. The molecule has 1 fully saturated rings. The highest BCUT2D eigenvalue weighted by atomic mass is 32.2. The lowest BCUT2D eigenvalue weighted by molar-refractivity contribution is 0.396. The first kappa shape index (κ1) is 11.0. The van der Waals surface area contributed by atoms with Gasteiger partial charge in [-0.2, -0.15) is 0 Å². The van der Waals surface area contributed by atoms with E-state index in [1.807, 2.05) is 0 Å². The molecule has 2 N–H and O–H groups in total. The van der Waals surface area contributed by atoms with Crippen molar-refractivity contribution in [1.29, 1.82) is 0 Å². The van der Waals surface area contributed by atoms with Crippen LogP contribution in [0.1, 0.15) is 12.8 Å². The topological polar surface area (TPSA) is 88.5 Å². The van der Waals surface area contributed by atoms with Crippen LogP contribution < -0.4 is 9.46 Å². The molecule has 1 heterocycles. The second kappa shape index (κ2) is 3.82. The van der Waals surface area contributed by atoms with E-state index in [1.54, 1.807) is 0 Å². The summed E-state index contributed by atoms with van der Waals surface area (Å²) < 4.78 is 30.6. The number of hydrogen-bond acceptors (Lipinski definition) is 5. The largest absolute Gasteiger partial charge is 0.506 e. The molecule has 0 atom stereocenters. The maximum atomic E-state index is 11.7. The van der Waals surface area contributed by atoms with E-state index in [4.69, 9.17) is 4.74 Å². The molecule has 0 spiro atoms. The van der Waals surface area contributed by atoms with Gasteiger partial charge in [0.05, 0.1) is 18.6 Å². The van der Waals surface area contributed by atoms with Gasteiger partial charge in [-0.05, 0) is 12.8 Å². The highest BCUT2D eigenvalue weighted by Gasteiger charge is 2.36. The lowest BCUT2D eigenvalue weighted by Gasteiger charge is -2.10. The number of anilines is 1. The van der Waals surface area contributed by atoms with Crippen molar-refractivity contribution in [3.8, 4) is 11.6 Å². The Labute approximate surface area is 93.3 Å².